The number of sulfonamides is 1. The Labute approximate surface area is 119 Å². The minimum atomic E-state index is -3.01. The molecule has 1 aromatic heterocycles. The van der Waals surface area contributed by atoms with Gasteiger partial charge >= 0.3 is 0 Å². The van der Waals surface area contributed by atoms with Crippen LogP contribution in [0.4, 0.5) is 0 Å². The molecule has 1 atom stereocenters. The number of nitrogens with zero attached hydrogens (tertiary/aromatic N) is 1. The van der Waals surface area contributed by atoms with Gasteiger partial charge in [0.15, 0.2) is 0 Å². The van der Waals surface area contributed by atoms with Crippen LogP contribution < -0.4 is 5.32 Å². The molecule has 1 N–H and O–H groups in total. The van der Waals surface area contributed by atoms with E-state index in [0.717, 1.165) is 12.8 Å². The highest BCUT2D eigenvalue weighted by molar-refractivity contribution is 7.89. The highest BCUT2D eigenvalue weighted by Gasteiger charge is 2.27. The van der Waals surface area contributed by atoms with E-state index >= 15 is 0 Å². The van der Waals surface area contributed by atoms with Gasteiger partial charge in [-0.3, -0.25) is 0 Å². The molecule has 0 aliphatic carbocycles. The van der Waals surface area contributed by atoms with Crippen LogP contribution >= 0.6 is 11.3 Å². The molecular formula is C13H22N2O2S2. The number of thiophene rings is 1. The van der Waals surface area contributed by atoms with Gasteiger partial charge in [0.2, 0.25) is 10.0 Å². The molecule has 0 aromatic carbocycles. The van der Waals surface area contributed by atoms with E-state index in [-0.39, 0.29) is 5.75 Å². The molecule has 2 rings (SSSR count). The summed E-state index contributed by atoms with van der Waals surface area (Å²) in [6.45, 7) is 5.16. The van der Waals surface area contributed by atoms with Gasteiger partial charge < -0.3 is 5.32 Å². The molecule has 6 heteroatoms. The third-order valence-corrected chi connectivity index (χ3v) is 6.60. The zero-order valence-corrected chi connectivity index (χ0v) is 13.1. The van der Waals surface area contributed by atoms with E-state index in [4.69, 9.17) is 0 Å². The lowest BCUT2D eigenvalue weighted by Crippen LogP contribution is -2.45. The largest absolute Gasteiger partial charge is 0.307 e. The average molecular weight is 302 g/mol. The Bertz CT molecular complexity index is 477. The predicted molar refractivity (Wildman–Crippen MR) is 79.9 cm³/mol. The van der Waals surface area contributed by atoms with E-state index in [0.29, 0.717) is 25.2 Å². The van der Waals surface area contributed by atoms with E-state index in [1.54, 1.807) is 22.6 Å². The van der Waals surface area contributed by atoms with Crippen molar-refractivity contribution in [2.24, 2.45) is 0 Å². The zero-order chi connectivity index (χ0) is 13.9. The van der Waals surface area contributed by atoms with Gasteiger partial charge in [-0.1, -0.05) is 6.07 Å². The van der Waals surface area contributed by atoms with Crippen molar-refractivity contribution in [1.82, 2.24) is 9.62 Å². The molecule has 0 bridgehead atoms. The van der Waals surface area contributed by atoms with Crippen molar-refractivity contribution in [2.45, 2.75) is 38.8 Å². The lowest BCUT2D eigenvalue weighted by Gasteiger charge is -2.32. The molecule has 0 saturated carbocycles. The molecule has 0 radical (unpaired) electrons. The van der Waals surface area contributed by atoms with Crippen molar-refractivity contribution in [2.75, 3.05) is 18.8 Å². The van der Waals surface area contributed by atoms with Gasteiger partial charge in [-0.15, -0.1) is 11.3 Å². The quantitative estimate of drug-likeness (QED) is 0.907. The molecule has 1 aromatic rings. The third-order valence-electron chi connectivity index (χ3n) is 3.67. The first kappa shape index (κ1) is 15.0. The van der Waals surface area contributed by atoms with Crippen molar-refractivity contribution in [1.29, 1.82) is 0 Å². The molecule has 1 aliphatic heterocycles. The summed E-state index contributed by atoms with van der Waals surface area (Å²) in [5.74, 6) is 0.205. The fourth-order valence-corrected chi connectivity index (χ4v) is 4.33. The van der Waals surface area contributed by atoms with Crippen LogP contribution in [0.15, 0.2) is 17.5 Å². The fourth-order valence-electron chi connectivity index (χ4n) is 2.46. The Morgan fingerprint density at radius 3 is 2.68 bits per heavy atom. The Balaban J connectivity index is 1.84. The maximum atomic E-state index is 11.8. The van der Waals surface area contributed by atoms with Crippen LogP contribution in [0.5, 0.6) is 0 Å². The second-order valence-electron chi connectivity index (χ2n) is 4.98. The van der Waals surface area contributed by atoms with Crippen molar-refractivity contribution < 1.29 is 8.42 Å². The summed E-state index contributed by atoms with van der Waals surface area (Å²) < 4.78 is 25.2. The molecule has 1 unspecified atom stereocenters. The number of hydrogen-bond donors (Lipinski definition) is 1. The lowest BCUT2D eigenvalue weighted by atomic mass is 10.1. The van der Waals surface area contributed by atoms with Crippen molar-refractivity contribution in [3.05, 3.63) is 22.4 Å². The Kier molecular flexibility index (Phi) is 5.00. The normalized spacial score (nSPS) is 20.5. The summed E-state index contributed by atoms with van der Waals surface area (Å²) in [5.41, 5.74) is 0. The van der Waals surface area contributed by atoms with Crippen LogP contribution in [0, 0.1) is 0 Å². The summed E-state index contributed by atoms with van der Waals surface area (Å²) in [4.78, 5) is 1.34. The summed E-state index contributed by atoms with van der Waals surface area (Å²) in [6.07, 6.45) is 1.80. The van der Waals surface area contributed by atoms with E-state index < -0.39 is 10.0 Å². The molecule has 1 saturated heterocycles. The predicted octanol–water partition coefficient (Wildman–Crippen LogP) is 2.21. The topological polar surface area (TPSA) is 49.4 Å². The molecule has 2 heterocycles. The average Bonchev–Trinajstić information content (AvgIpc) is 2.93. The van der Waals surface area contributed by atoms with Crippen molar-refractivity contribution in [3.8, 4) is 0 Å². The van der Waals surface area contributed by atoms with Crippen LogP contribution in [0.25, 0.3) is 0 Å². The van der Waals surface area contributed by atoms with E-state index in [9.17, 15) is 8.42 Å². The van der Waals surface area contributed by atoms with Crippen molar-refractivity contribution >= 4 is 21.4 Å². The van der Waals surface area contributed by atoms with Gasteiger partial charge in [-0.05, 0) is 38.1 Å². The third kappa shape index (κ3) is 3.78. The summed E-state index contributed by atoms with van der Waals surface area (Å²) in [7, 11) is -3.01. The van der Waals surface area contributed by atoms with Gasteiger partial charge in [-0.2, -0.15) is 0 Å². The Hall–Kier alpha value is -0.430. The van der Waals surface area contributed by atoms with Gasteiger partial charge in [-0.25, -0.2) is 12.7 Å². The molecular weight excluding hydrogens is 280 g/mol. The highest BCUT2D eigenvalue weighted by Crippen LogP contribution is 2.22. The first-order chi connectivity index (χ1) is 9.03. The Morgan fingerprint density at radius 1 is 1.47 bits per heavy atom. The first-order valence-electron chi connectivity index (χ1n) is 6.80. The van der Waals surface area contributed by atoms with Gasteiger partial charge in [0.1, 0.15) is 0 Å². The Morgan fingerprint density at radius 2 is 2.16 bits per heavy atom. The highest BCUT2D eigenvalue weighted by atomic mass is 32.2. The fraction of sp³-hybridized carbons (Fsp3) is 0.692. The van der Waals surface area contributed by atoms with E-state index in [1.165, 1.54) is 4.88 Å². The number of rotatable bonds is 5. The molecule has 0 spiro atoms. The second kappa shape index (κ2) is 6.35. The summed E-state index contributed by atoms with van der Waals surface area (Å²) in [6, 6.07) is 4.97. The standard InChI is InChI=1S/C13H22N2O2S2/c1-3-19(16,17)15-8-6-12(7-9-15)14-11(2)13-5-4-10-18-13/h4-5,10-12,14H,3,6-9H2,1-2H3. The first-order valence-corrected chi connectivity index (χ1v) is 9.29. The molecule has 19 heavy (non-hydrogen) atoms. The van der Waals surface area contributed by atoms with E-state index in [2.05, 4.69) is 29.8 Å². The van der Waals surface area contributed by atoms with Gasteiger partial charge in [0, 0.05) is 30.1 Å². The molecule has 1 fully saturated rings. The van der Waals surface area contributed by atoms with Crippen LogP contribution in [-0.4, -0.2) is 37.6 Å². The number of hydrogen-bond acceptors (Lipinski definition) is 4. The maximum absolute atomic E-state index is 11.8. The van der Waals surface area contributed by atoms with Crippen molar-refractivity contribution in [3.63, 3.8) is 0 Å². The van der Waals surface area contributed by atoms with Crippen LogP contribution in [0.3, 0.4) is 0 Å². The number of nitrogens with one attached hydrogen (secondary N) is 1. The van der Waals surface area contributed by atoms with Gasteiger partial charge in [0.25, 0.3) is 0 Å². The molecule has 0 amide bonds. The SMILES string of the molecule is CCS(=O)(=O)N1CCC(NC(C)c2cccs2)CC1. The smallest absolute Gasteiger partial charge is 0.213 e. The lowest BCUT2D eigenvalue weighted by molar-refractivity contribution is 0.278. The molecule has 1 aliphatic rings. The summed E-state index contributed by atoms with van der Waals surface area (Å²) in [5, 5.41) is 5.69. The monoisotopic (exact) mass is 302 g/mol. The summed E-state index contributed by atoms with van der Waals surface area (Å²) >= 11 is 1.76. The number of piperidine rings is 1. The molecule has 4 nitrogen and oxygen atoms in total. The van der Waals surface area contributed by atoms with Gasteiger partial charge in [0.05, 0.1) is 5.75 Å². The maximum Gasteiger partial charge on any atom is 0.213 e. The molecule has 108 valence electrons. The zero-order valence-electron chi connectivity index (χ0n) is 11.5. The minimum absolute atomic E-state index is 0.205. The van der Waals surface area contributed by atoms with Crippen LogP contribution in [0.1, 0.15) is 37.6 Å². The minimum Gasteiger partial charge on any atom is -0.307 e. The second-order valence-corrected chi connectivity index (χ2v) is 8.21. The van der Waals surface area contributed by atoms with E-state index in [1.807, 2.05) is 0 Å². The van der Waals surface area contributed by atoms with Crippen LogP contribution in [-0.2, 0) is 10.0 Å². The van der Waals surface area contributed by atoms with Crippen LogP contribution in [0.2, 0.25) is 0 Å².